The molecule has 60 valence electrons. The minimum absolute atomic E-state index is 0.217. The van der Waals surface area contributed by atoms with Gasteiger partial charge in [-0.2, -0.15) is 5.26 Å². The van der Waals surface area contributed by atoms with E-state index in [0.717, 1.165) is 19.3 Å². The van der Waals surface area contributed by atoms with Crippen LogP contribution in [0, 0.1) is 11.3 Å². The van der Waals surface area contributed by atoms with Gasteiger partial charge in [-0.1, -0.05) is 26.3 Å². The van der Waals surface area contributed by atoms with Crippen LogP contribution in [-0.2, 0) is 0 Å². The molecular weight excluding hydrogens is 137 g/mol. The minimum atomic E-state index is 0.217. The monoisotopic (exact) mass is 151 g/mol. The van der Waals surface area contributed by atoms with Gasteiger partial charge < -0.3 is 5.02 Å². The van der Waals surface area contributed by atoms with E-state index in [4.69, 9.17) is 10.3 Å². The van der Waals surface area contributed by atoms with E-state index in [2.05, 4.69) is 6.58 Å². The smallest absolute Gasteiger partial charge is 0.273 e. The van der Waals surface area contributed by atoms with Crippen LogP contribution in [-0.4, -0.2) is 12.5 Å². The molecule has 1 atom stereocenters. The first kappa shape index (κ1) is 10.3. The highest BCUT2D eigenvalue weighted by Crippen LogP contribution is 2.17. The van der Waals surface area contributed by atoms with Gasteiger partial charge in [0.15, 0.2) is 0 Å². The summed E-state index contributed by atoms with van der Waals surface area (Å²) in [7, 11) is 0.217. The molecule has 0 aromatic heterocycles. The Balaban J connectivity index is 3.52. The average molecular weight is 151 g/mol. The van der Waals surface area contributed by atoms with E-state index in [9.17, 15) is 0 Å². The second-order valence-electron chi connectivity index (χ2n) is 2.71. The Labute approximate surface area is 68.8 Å². The van der Waals surface area contributed by atoms with Crippen molar-refractivity contribution in [3.8, 4) is 6.07 Å². The molecule has 0 heterocycles. The third-order valence-electron chi connectivity index (χ3n) is 1.85. The maximum Gasteiger partial charge on any atom is 0.273 e. The van der Waals surface area contributed by atoms with Gasteiger partial charge in [-0.25, -0.2) is 0 Å². The zero-order valence-electron chi connectivity index (χ0n) is 7.01. The normalized spacial score (nSPS) is 11.7. The first-order valence-corrected chi connectivity index (χ1v) is 3.93. The van der Waals surface area contributed by atoms with Gasteiger partial charge in [-0.15, -0.1) is 0 Å². The number of rotatable bonds is 5. The Morgan fingerprint density at radius 1 is 1.82 bits per heavy atom. The second-order valence-corrected chi connectivity index (χ2v) is 2.71. The van der Waals surface area contributed by atoms with Crippen LogP contribution < -0.4 is 0 Å². The van der Waals surface area contributed by atoms with Crippen molar-refractivity contribution in [2.24, 2.45) is 0 Å². The lowest BCUT2D eigenvalue weighted by Gasteiger charge is -2.07. The number of hydrogen-bond acceptors (Lipinski definition) is 2. The van der Waals surface area contributed by atoms with Crippen LogP contribution in [0.1, 0.15) is 26.2 Å². The van der Waals surface area contributed by atoms with Gasteiger partial charge in [-0.3, -0.25) is 0 Å². The second kappa shape index (κ2) is 6.00. The van der Waals surface area contributed by atoms with Crippen molar-refractivity contribution >= 4 is 7.48 Å². The van der Waals surface area contributed by atoms with E-state index >= 15 is 0 Å². The molecule has 0 saturated carbocycles. The fraction of sp³-hybridized carbons (Fsp3) is 0.625. The molecule has 1 N–H and O–H groups in total. The number of nitrogens with zero attached hydrogens (tertiary/aromatic N) is 1. The van der Waals surface area contributed by atoms with E-state index in [0.29, 0.717) is 11.4 Å². The Kier molecular flexibility index (Phi) is 5.59. The molecule has 0 fully saturated rings. The molecule has 0 aliphatic heterocycles. The van der Waals surface area contributed by atoms with Crippen LogP contribution >= 0.6 is 0 Å². The standard InChI is InChI=1S/C8H14BNO/c1-3-8(9-11)5-4-7(2)6-10/h8-9,11H,2-5H2,1H3/t8-/m0/s1. The molecule has 0 rings (SSSR count). The lowest BCUT2D eigenvalue weighted by molar-refractivity contribution is 0.555. The molecule has 11 heavy (non-hydrogen) atoms. The molecule has 0 bridgehead atoms. The van der Waals surface area contributed by atoms with Crippen LogP contribution in [0.25, 0.3) is 0 Å². The van der Waals surface area contributed by atoms with Gasteiger partial charge in [0.2, 0.25) is 0 Å². The van der Waals surface area contributed by atoms with E-state index in [1.807, 2.05) is 13.0 Å². The summed E-state index contributed by atoms with van der Waals surface area (Å²) in [5, 5.41) is 17.2. The zero-order chi connectivity index (χ0) is 8.69. The van der Waals surface area contributed by atoms with Crippen LogP contribution in [0.15, 0.2) is 12.2 Å². The lowest BCUT2D eigenvalue weighted by Crippen LogP contribution is -2.01. The third kappa shape index (κ3) is 4.63. The summed E-state index contributed by atoms with van der Waals surface area (Å²) >= 11 is 0. The summed E-state index contributed by atoms with van der Waals surface area (Å²) in [6.07, 6.45) is 2.56. The van der Waals surface area contributed by atoms with Crippen molar-refractivity contribution in [3.63, 3.8) is 0 Å². The molecule has 0 aliphatic rings. The summed E-state index contributed by atoms with van der Waals surface area (Å²) in [5.74, 6) is 0.333. The van der Waals surface area contributed by atoms with Crippen LogP contribution in [0.4, 0.5) is 0 Å². The highest BCUT2D eigenvalue weighted by molar-refractivity contribution is 6.27. The fourth-order valence-corrected chi connectivity index (χ4v) is 0.859. The van der Waals surface area contributed by atoms with Crippen LogP contribution in [0.2, 0.25) is 5.82 Å². The Hall–Kier alpha value is -0.745. The van der Waals surface area contributed by atoms with E-state index in [1.165, 1.54) is 0 Å². The molecule has 3 heteroatoms. The van der Waals surface area contributed by atoms with Gasteiger partial charge >= 0.3 is 0 Å². The summed E-state index contributed by atoms with van der Waals surface area (Å²) in [6, 6.07) is 1.99. The van der Waals surface area contributed by atoms with Crippen LogP contribution in [0.5, 0.6) is 0 Å². The van der Waals surface area contributed by atoms with E-state index < -0.39 is 0 Å². The molecular formula is C8H14BNO. The Bertz CT molecular complexity index is 158. The Morgan fingerprint density at radius 3 is 2.82 bits per heavy atom. The largest absolute Gasteiger partial charge is 0.454 e. The van der Waals surface area contributed by atoms with E-state index in [-0.39, 0.29) is 7.48 Å². The summed E-state index contributed by atoms with van der Waals surface area (Å²) in [6.45, 7) is 5.61. The SMILES string of the molecule is C=C(C#N)CC[C@@H](BO)CC. The molecule has 2 nitrogen and oxygen atoms in total. The maximum atomic E-state index is 8.80. The molecule has 0 radical (unpaired) electrons. The van der Waals surface area contributed by atoms with Crippen molar-refractivity contribution in [2.45, 2.75) is 32.0 Å². The minimum Gasteiger partial charge on any atom is -0.454 e. The number of allylic oxidation sites excluding steroid dienone is 1. The molecule has 0 aromatic carbocycles. The summed E-state index contributed by atoms with van der Waals surface area (Å²) in [5.41, 5.74) is 0.608. The van der Waals surface area contributed by atoms with E-state index in [1.54, 1.807) is 0 Å². The number of hydrogen-bond donors (Lipinski definition) is 1. The third-order valence-corrected chi connectivity index (χ3v) is 1.85. The summed E-state index contributed by atoms with van der Waals surface area (Å²) in [4.78, 5) is 0. The molecule has 0 aliphatic carbocycles. The quantitative estimate of drug-likeness (QED) is 0.476. The highest BCUT2D eigenvalue weighted by atomic mass is 16.2. The zero-order valence-corrected chi connectivity index (χ0v) is 7.01. The van der Waals surface area contributed by atoms with Gasteiger partial charge in [-0.05, 0) is 12.2 Å². The molecule has 0 aromatic rings. The van der Waals surface area contributed by atoms with Crippen molar-refractivity contribution in [1.82, 2.24) is 0 Å². The highest BCUT2D eigenvalue weighted by Gasteiger charge is 2.06. The number of nitriles is 1. The molecule has 0 saturated heterocycles. The molecule has 0 spiro atoms. The van der Waals surface area contributed by atoms with Gasteiger partial charge in [0, 0.05) is 5.57 Å². The fourth-order valence-electron chi connectivity index (χ4n) is 0.859. The predicted octanol–water partition coefficient (Wildman–Crippen LogP) is 1.39. The van der Waals surface area contributed by atoms with Gasteiger partial charge in [0.25, 0.3) is 7.48 Å². The molecule has 0 amide bonds. The lowest BCUT2D eigenvalue weighted by atomic mass is 9.75. The van der Waals surface area contributed by atoms with Crippen molar-refractivity contribution in [2.75, 3.05) is 0 Å². The van der Waals surface area contributed by atoms with Crippen LogP contribution in [0.3, 0.4) is 0 Å². The van der Waals surface area contributed by atoms with Crippen molar-refractivity contribution < 1.29 is 5.02 Å². The maximum absolute atomic E-state index is 8.80. The predicted molar refractivity (Wildman–Crippen MR) is 47.4 cm³/mol. The van der Waals surface area contributed by atoms with Gasteiger partial charge in [0.05, 0.1) is 6.07 Å². The molecule has 0 unspecified atom stereocenters. The first-order valence-electron chi connectivity index (χ1n) is 3.93. The Morgan fingerprint density at radius 2 is 2.45 bits per heavy atom. The van der Waals surface area contributed by atoms with Gasteiger partial charge in [0.1, 0.15) is 0 Å². The first-order chi connectivity index (χ1) is 5.24. The van der Waals surface area contributed by atoms with Crippen molar-refractivity contribution in [3.05, 3.63) is 12.2 Å². The average Bonchev–Trinajstić information content (AvgIpc) is 2.06. The topological polar surface area (TPSA) is 44.0 Å². The van der Waals surface area contributed by atoms with Crippen molar-refractivity contribution in [1.29, 1.82) is 5.26 Å². The summed E-state index contributed by atoms with van der Waals surface area (Å²) < 4.78 is 0.